The number of imidazole rings is 1. The largest absolute Gasteiger partial charge is 0.454 e. The van der Waals surface area contributed by atoms with Gasteiger partial charge in [-0.3, -0.25) is 14.2 Å². The number of nitrogens with zero attached hydrogens (tertiary/aromatic N) is 4. The van der Waals surface area contributed by atoms with Crippen LogP contribution in [0, 0.1) is 0 Å². The molecule has 0 bridgehead atoms. The van der Waals surface area contributed by atoms with Gasteiger partial charge in [-0.25, -0.2) is 19.7 Å². The van der Waals surface area contributed by atoms with Gasteiger partial charge in [-0.2, -0.15) is 0 Å². The molecular formula is C16H17N5O7. The number of ether oxygens (including phenoxy) is 4. The molecule has 2 saturated heterocycles. The van der Waals surface area contributed by atoms with E-state index in [0.717, 1.165) is 0 Å². The van der Waals surface area contributed by atoms with Crippen molar-refractivity contribution in [2.45, 2.75) is 44.5 Å². The Morgan fingerprint density at radius 1 is 1.14 bits per heavy atom. The van der Waals surface area contributed by atoms with Crippen molar-refractivity contribution < 1.29 is 33.3 Å². The van der Waals surface area contributed by atoms with Gasteiger partial charge in [0, 0.05) is 20.9 Å². The van der Waals surface area contributed by atoms with E-state index in [1.54, 1.807) is 11.6 Å². The van der Waals surface area contributed by atoms with Gasteiger partial charge in [0.25, 0.3) is 0 Å². The Labute approximate surface area is 158 Å². The fraction of sp³-hybridized carbons (Fsp3) is 0.500. The van der Waals surface area contributed by atoms with Gasteiger partial charge in [-0.05, 0) is 0 Å². The minimum absolute atomic E-state index is 0.428. The molecule has 4 heterocycles. The predicted molar refractivity (Wildman–Crippen MR) is 89.8 cm³/mol. The van der Waals surface area contributed by atoms with Crippen molar-refractivity contribution in [3.63, 3.8) is 0 Å². The smallest absolute Gasteiger partial charge is 0.350 e. The SMILES string of the molecule is CNc1ncnc2c1ncn2[C@H]1O[C@H]2[C@@H](OC(=O)[C@H]2OC(C)=O)[C@H]1OC(C)=O. The van der Waals surface area contributed by atoms with Crippen molar-refractivity contribution in [3.8, 4) is 0 Å². The first kappa shape index (κ1) is 18.1. The van der Waals surface area contributed by atoms with Crippen LogP contribution in [0.15, 0.2) is 12.7 Å². The third-order valence-electron chi connectivity index (χ3n) is 4.47. The van der Waals surface area contributed by atoms with E-state index in [1.165, 1.54) is 26.5 Å². The zero-order chi connectivity index (χ0) is 20.0. The lowest BCUT2D eigenvalue weighted by atomic mass is 10.1. The Morgan fingerprint density at radius 2 is 1.89 bits per heavy atom. The summed E-state index contributed by atoms with van der Waals surface area (Å²) < 4.78 is 23.2. The number of carbonyl (C=O) groups is 3. The zero-order valence-electron chi connectivity index (χ0n) is 15.2. The molecule has 12 nitrogen and oxygen atoms in total. The fourth-order valence-electron chi connectivity index (χ4n) is 3.43. The second-order valence-electron chi connectivity index (χ2n) is 6.29. The number of nitrogens with one attached hydrogen (secondary N) is 1. The van der Waals surface area contributed by atoms with Gasteiger partial charge in [0.2, 0.25) is 6.10 Å². The summed E-state index contributed by atoms with van der Waals surface area (Å²) >= 11 is 0. The maximum atomic E-state index is 12.1. The first-order chi connectivity index (χ1) is 13.4. The van der Waals surface area contributed by atoms with Gasteiger partial charge >= 0.3 is 17.9 Å². The second-order valence-corrected chi connectivity index (χ2v) is 6.29. The van der Waals surface area contributed by atoms with Crippen LogP contribution in [0.1, 0.15) is 20.1 Å². The molecule has 2 fully saturated rings. The first-order valence-electron chi connectivity index (χ1n) is 8.46. The van der Waals surface area contributed by atoms with E-state index in [2.05, 4.69) is 20.3 Å². The Morgan fingerprint density at radius 3 is 2.57 bits per heavy atom. The number of rotatable bonds is 4. The molecule has 0 amide bonds. The van der Waals surface area contributed by atoms with Gasteiger partial charge in [0.05, 0.1) is 6.33 Å². The summed E-state index contributed by atoms with van der Waals surface area (Å²) in [4.78, 5) is 47.7. The molecule has 0 aliphatic carbocycles. The maximum Gasteiger partial charge on any atom is 0.350 e. The van der Waals surface area contributed by atoms with Crippen molar-refractivity contribution in [1.82, 2.24) is 19.5 Å². The molecule has 5 atom stereocenters. The van der Waals surface area contributed by atoms with Crippen LogP contribution in [-0.4, -0.2) is 68.9 Å². The number of esters is 3. The summed E-state index contributed by atoms with van der Waals surface area (Å²) in [5.41, 5.74) is 0.914. The molecule has 4 rings (SSSR count). The molecule has 0 unspecified atom stereocenters. The van der Waals surface area contributed by atoms with Crippen molar-refractivity contribution in [2.24, 2.45) is 0 Å². The molecule has 2 aliphatic rings. The van der Waals surface area contributed by atoms with Crippen LogP contribution in [-0.2, 0) is 33.3 Å². The van der Waals surface area contributed by atoms with Crippen molar-refractivity contribution in [3.05, 3.63) is 12.7 Å². The highest BCUT2D eigenvalue weighted by atomic mass is 16.7. The Balaban J connectivity index is 1.73. The van der Waals surface area contributed by atoms with Gasteiger partial charge in [-0.15, -0.1) is 0 Å². The number of fused-ring (bicyclic) bond motifs is 2. The van der Waals surface area contributed by atoms with Crippen LogP contribution < -0.4 is 5.32 Å². The number of anilines is 1. The fourth-order valence-corrected chi connectivity index (χ4v) is 3.43. The van der Waals surface area contributed by atoms with E-state index in [4.69, 9.17) is 18.9 Å². The molecule has 0 aromatic carbocycles. The second kappa shape index (κ2) is 6.71. The van der Waals surface area contributed by atoms with Crippen LogP contribution >= 0.6 is 0 Å². The van der Waals surface area contributed by atoms with Crippen LogP contribution in [0.4, 0.5) is 5.82 Å². The van der Waals surface area contributed by atoms with Crippen LogP contribution in [0.25, 0.3) is 11.2 Å². The van der Waals surface area contributed by atoms with E-state index in [0.29, 0.717) is 17.0 Å². The topological polar surface area (TPSA) is 144 Å². The van der Waals surface area contributed by atoms with E-state index in [9.17, 15) is 14.4 Å². The third-order valence-corrected chi connectivity index (χ3v) is 4.47. The molecule has 0 radical (unpaired) electrons. The lowest BCUT2D eigenvalue weighted by Gasteiger charge is -2.22. The van der Waals surface area contributed by atoms with Crippen molar-refractivity contribution in [1.29, 1.82) is 0 Å². The quantitative estimate of drug-likeness (QED) is 0.534. The molecule has 2 aliphatic heterocycles. The normalized spacial score (nSPS) is 28.7. The summed E-state index contributed by atoms with van der Waals surface area (Å²) in [6.45, 7) is 2.41. The average molecular weight is 391 g/mol. The maximum absolute atomic E-state index is 12.1. The number of aromatic nitrogens is 4. The first-order valence-corrected chi connectivity index (χ1v) is 8.46. The van der Waals surface area contributed by atoms with Crippen molar-refractivity contribution >= 4 is 34.9 Å². The molecule has 12 heteroatoms. The Kier molecular flexibility index (Phi) is 4.34. The summed E-state index contributed by atoms with van der Waals surface area (Å²) in [6, 6.07) is 0. The summed E-state index contributed by atoms with van der Waals surface area (Å²) in [6.07, 6.45) is -2.17. The Hall–Kier alpha value is -3.28. The number of hydrogen-bond acceptors (Lipinski definition) is 11. The highest BCUT2D eigenvalue weighted by Gasteiger charge is 2.61. The van der Waals surface area contributed by atoms with E-state index >= 15 is 0 Å². The molecular weight excluding hydrogens is 374 g/mol. The molecule has 2 aromatic rings. The lowest BCUT2D eigenvalue weighted by Crippen LogP contribution is -2.36. The van der Waals surface area contributed by atoms with E-state index in [1.807, 2.05) is 0 Å². The highest BCUT2D eigenvalue weighted by Crippen LogP contribution is 2.41. The van der Waals surface area contributed by atoms with E-state index < -0.39 is 48.6 Å². The minimum atomic E-state index is -1.25. The van der Waals surface area contributed by atoms with Crippen molar-refractivity contribution in [2.75, 3.05) is 12.4 Å². The molecule has 0 spiro atoms. The van der Waals surface area contributed by atoms with Crippen LogP contribution in [0.3, 0.4) is 0 Å². The predicted octanol–water partition coefficient (Wildman–Crippen LogP) is -0.446. The lowest BCUT2D eigenvalue weighted by molar-refractivity contribution is -0.174. The standard InChI is InChI=1S/C16H17N5O7/c1-6(22)25-11-9-10(12(16(24)28-9)26-7(2)23)27-15(11)21-5-20-8-13(17-3)18-4-19-14(8)21/h4-5,9-12,15H,1-3H3,(H,17,18,19)/t9-,10+,11-,12+,15+/m1/s1. The van der Waals surface area contributed by atoms with Gasteiger partial charge < -0.3 is 24.3 Å². The summed E-state index contributed by atoms with van der Waals surface area (Å²) in [5, 5.41) is 2.91. The molecule has 148 valence electrons. The number of hydrogen-bond donors (Lipinski definition) is 1. The third kappa shape index (κ3) is 2.81. The minimum Gasteiger partial charge on any atom is -0.454 e. The molecule has 0 saturated carbocycles. The van der Waals surface area contributed by atoms with E-state index in [-0.39, 0.29) is 0 Å². The molecule has 28 heavy (non-hydrogen) atoms. The summed E-state index contributed by atoms with van der Waals surface area (Å²) in [5.74, 6) is -1.48. The summed E-state index contributed by atoms with van der Waals surface area (Å²) in [7, 11) is 1.70. The molecule has 1 N–H and O–H groups in total. The zero-order valence-corrected chi connectivity index (χ0v) is 15.2. The number of carbonyl (C=O) groups excluding carboxylic acids is 3. The van der Waals surface area contributed by atoms with Gasteiger partial charge in [0.1, 0.15) is 17.9 Å². The monoisotopic (exact) mass is 391 g/mol. The average Bonchev–Trinajstić information content (AvgIpc) is 3.29. The van der Waals surface area contributed by atoms with Gasteiger partial charge in [-0.1, -0.05) is 0 Å². The molecule has 2 aromatic heterocycles. The van der Waals surface area contributed by atoms with Gasteiger partial charge in [0.15, 0.2) is 29.9 Å². The Bertz CT molecular complexity index is 960. The van der Waals surface area contributed by atoms with Crippen LogP contribution in [0.5, 0.6) is 0 Å². The van der Waals surface area contributed by atoms with Crippen LogP contribution in [0.2, 0.25) is 0 Å². The highest BCUT2D eigenvalue weighted by molar-refractivity contribution is 5.83.